The third kappa shape index (κ3) is 3.09. The highest BCUT2D eigenvalue weighted by atomic mass is 79.9. The Morgan fingerprint density at radius 2 is 1.83 bits per heavy atom. The van der Waals surface area contributed by atoms with Gasteiger partial charge in [-0.05, 0) is 18.2 Å². The van der Waals surface area contributed by atoms with Crippen LogP contribution in [0.15, 0.2) is 51.9 Å². The molecule has 2 rings (SSSR count). The van der Waals surface area contributed by atoms with Crippen LogP contribution < -0.4 is 5.56 Å². The van der Waals surface area contributed by atoms with Crippen LogP contribution in [0.5, 0.6) is 0 Å². The summed E-state index contributed by atoms with van der Waals surface area (Å²) in [6, 6.07) is 9.84. The minimum absolute atomic E-state index is 0.0129. The van der Waals surface area contributed by atoms with Crippen molar-refractivity contribution in [3.05, 3.63) is 68.0 Å². The summed E-state index contributed by atoms with van der Waals surface area (Å²) in [6.45, 7) is -0.0129. The van der Waals surface area contributed by atoms with Gasteiger partial charge in [-0.15, -0.1) is 0 Å². The number of pyridine rings is 1. The van der Waals surface area contributed by atoms with Crippen molar-refractivity contribution in [2.75, 3.05) is 0 Å². The molecule has 1 aromatic carbocycles. The van der Waals surface area contributed by atoms with Crippen molar-refractivity contribution in [3.63, 3.8) is 0 Å². The van der Waals surface area contributed by atoms with Gasteiger partial charge in [-0.3, -0.25) is 9.59 Å². The van der Waals surface area contributed by atoms with Crippen molar-refractivity contribution in [3.8, 4) is 0 Å². The number of aromatic nitrogens is 1. The Morgan fingerprint density at radius 3 is 2.50 bits per heavy atom. The average molecular weight is 327 g/mol. The lowest BCUT2D eigenvalue weighted by Gasteiger charge is -2.05. The average Bonchev–Trinajstić information content (AvgIpc) is 2.34. The van der Waals surface area contributed by atoms with E-state index in [1.807, 2.05) is 0 Å². The molecule has 0 saturated heterocycles. The minimum Gasteiger partial charge on any atom is -0.306 e. The molecule has 0 bridgehead atoms. The maximum absolute atomic E-state index is 12.0. The number of benzene rings is 1. The molecule has 0 N–H and O–H groups in total. The molecule has 5 heteroatoms. The first kappa shape index (κ1) is 13.1. The van der Waals surface area contributed by atoms with Crippen molar-refractivity contribution in [2.24, 2.45) is 0 Å². The van der Waals surface area contributed by atoms with Crippen LogP contribution in [-0.4, -0.2) is 10.4 Å². The first-order valence-electron chi connectivity index (χ1n) is 5.21. The highest BCUT2D eigenvalue weighted by molar-refractivity contribution is 9.10. The summed E-state index contributed by atoms with van der Waals surface area (Å²) < 4.78 is 2.20. The topological polar surface area (TPSA) is 39.1 Å². The Bertz CT molecular complexity index is 634. The number of Topliss-reactive ketones (excluding diaryl/α,β-unsaturated/α-hetero) is 1. The number of carbonyl (C=O) groups is 1. The monoisotopic (exact) mass is 325 g/mol. The normalized spacial score (nSPS) is 10.3. The Hall–Kier alpha value is -1.39. The lowest BCUT2D eigenvalue weighted by Crippen LogP contribution is -2.22. The summed E-state index contributed by atoms with van der Waals surface area (Å²) in [5.41, 5.74) is 0.315. The lowest BCUT2D eigenvalue weighted by molar-refractivity contribution is 0.0971. The van der Waals surface area contributed by atoms with E-state index in [1.165, 1.54) is 22.9 Å². The number of ketones is 1. The van der Waals surface area contributed by atoms with Gasteiger partial charge < -0.3 is 4.57 Å². The summed E-state index contributed by atoms with van der Waals surface area (Å²) in [5, 5.41) is 0.429. The molecule has 0 aliphatic heterocycles. The zero-order valence-electron chi connectivity index (χ0n) is 9.27. The molecule has 0 radical (unpaired) electrons. The molecule has 0 saturated carbocycles. The number of rotatable bonds is 3. The van der Waals surface area contributed by atoms with Gasteiger partial charge in [0.15, 0.2) is 5.78 Å². The fourth-order valence-corrected chi connectivity index (χ4v) is 1.95. The van der Waals surface area contributed by atoms with Gasteiger partial charge in [0.25, 0.3) is 5.56 Å². The summed E-state index contributed by atoms with van der Waals surface area (Å²) in [4.78, 5) is 23.5. The minimum atomic E-state index is -0.245. The molecule has 3 nitrogen and oxygen atoms in total. The van der Waals surface area contributed by atoms with E-state index in [9.17, 15) is 9.59 Å². The summed E-state index contributed by atoms with van der Waals surface area (Å²) in [6.07, 6.45) is 1.46. The van der Waals surface area contributed by atoms with Gasteiger partial charge in [0.2, 0.25) is 0 Å². The molecule has 0 spiro atoms. The van der Waals surface area contributed by atoms with Crippen LogP contribution in [0.25, 0.3) is 0 Å². The van der Waals surface area contributed by atoms with Crippen LogP contribution in [0, 0.1) is 0 Å². The van der Waals surface area contributed by atoms with Crippen molar-refractivity contribution in [2.45, 2.75) is 6.54 Å². The maximum atomic E-state index is 12.0. The van der Waals surface area contributed by atoms with Crippen LogP contribution in [0.4, 0.5) is 0 Å². The van der Waals surface area contributed by atoms with E-state index in [-0.39, 0.29) is 17.9 Å². The van der Waals surface area contributed by atoms with Gasteiger partial charge in [-0.25, -0.2) is 0 Å². The fraction of sp³-hybridized carbons (Fsp3) is 0.0769. The highest BCUT2D eigenvalue weighted by Gasteiger charge is 2.07. The first-order chi connectivity index (χ1) is 8.56. The number of hydrogen-bond donors (Lipinski definition) is 0. The van der Waals surface area contributed by atoms with E-state index < -0.39 is 0 Å². The van der Waals surface area contributed by atoms with Gasteiger partial charge in [0, 0.05) is 22.3 Å². The Labute approximate surface area is 117 Å². The molecule has 1 aromatic heterocycles. The van der Waals surface area contributed by atoms with E-state index in [0.717, 1.165) is 4.47 Å². The Balaban J connectivity index is 2.24. The second-order valence-corrected chi connectivity index (χ2v) is 5.10. The van der Waals surface area contributed by atoms with E-state index >= 15 is 0 Å². The quantitative estimate of drug-likeness (QED) is 0.813. The molecular weight excluding hydrogens is 318 g/mol. The zero-order chi connectivity index (χ0) is 13.1. The van der Waals surface area contributed by atoms with Crippen LogP contribution in [-0.2, 0) is 6.54 Å². The standard InChI is InChI=1S/C13H9BrClNO2/c14-10-3-1-9(2-4-10)12(17)8-16-7-11(15)5-6-13(16)18/h1-7H,8H2. The van der Waals surface area contributed by atoms with E-state index in [4.69, 9.17) is 11.6 Å². The maximum Gasteiger partial charge on any atom is 0.251 e. The summed E-state index contributed by atoms with van der Waals surface area (Å²) in [5.74, 6) is -0.133. The molecule has 0 amide bonds. The van der Waals surface area contributed by atoms with Crippen LogP contribution >= 0.6 is 27.5 Å². The summed E-state index contributed by atoms with van der Waals surface area (Å²) >= 11 is 9.09. The first-order valence-corrected chi connectivity index (χ1v) is 6.38. The van der Waals surface area contributed by atoms with Crippen molar-refractivity contribution in [1.82, 2.24) is 4.57 Å². The molecule has 0 aliphatic carbocycles. The number of halogens is 2. The lowest BCUT2D eigenvalue weighted by atomic mass is 10.1. The Kier molecular flexibility index (Phi) is 3.99. The molecule has 2 aromatic rings. The molecule has 0 unspecified atom stereocenters. The van der Waals surface area contributed by atoms with Crippen molar-refractivity contribution in [1.29, 1.82) is 0 Å². The molecule has 18 heavy (non-hydrogen) atoms. The van der Waals surface area contributed by atoms with Gasteiger partial charge in [0.05, 0.1) is 11.6 Å². The van der Waals surface area contributed by atoms with Gasteiger partial charge in [0.1, 0.15) is 0 Å². The van der Waals surface area contributed by atoms with Crippen LogP contribution in [0.1, 0.15) is 10.4 Å². The molecular formula is C13H9BrClNO2. The van der Waals surface area contributed by atoms with Crippen LogP contribution in [0.2, 0.25) is 5.02 Å². The van der Waals surface area contributed by atoms with E-state index in [2.05, 4.69) is 15.9 Å². The number of nitrogens with zero attached hydrogens (tertiary/aromatic N) is 1. The second kappa shape index (κ2) is 5.50. The third-order valence-corrected chi connectivity index (χ3v) is 3.18. The van der Waals surface area contributed by atoms with Crippen LogP contribution in [0.3, 0.4) is 0 Å². The van der Waals surface area contributed by atoms with E-state index in [1.54, 1.807) is 24.3 Å². The van der Waals surface area contributed by atoms with Gasteiger partial charge in [-0.1, -0.05) is 39.7 Å². The predicted molar refractivity (Wildman–Crippen MR) is 74.2 cm³/mol. The highest BCUT2D eigenvalue weighted by Crippen LogP contribution is 2.11. The SMILES string of the molecule is O=C(Cn1cc(Cl)ccc1=O)c1ccc(Br)cc1. The fourth-order valence-electron chi connectivity index (χ4n) is 1.51. The molecule has 1 heterocycles. The van der Waals surface area contributed by atoms with Crippen molar-refractivity contribution < 1.29 is 4.79 Å². The van der Waals surface area contributed by atoms with Crippen molar-refractivity contribution >= 4 is 33.3 Å². The molecule has 0 atom stereocenters. The molecule has 0 fully saturated rings. The Morgan fingerprint density at radius 1 is 1.17 bits per heavy atom. The van der Waals surface area contributed by atoms with Gasteiger partial charge in [-0.2, -0.15) is 0 Å². The second-order valence-electron chi connectivity index (χ2n) is 3.74. The molecule has 0 aliphatic rings. The third-order valence-electron chi connectivity index (χ3n) is 2.43. The predicted octanol–water partition coefficient (Wildman–Crippen LogP) is 3.15. The number of carbonyl (C=O) groups excluding carboxylic acids is 1. The molecule has 92 valence electrons. The van der Waals surface area contributed by atoms with Gasteiger partial charge >= 0.3 is 0 Å². The summed E-state index contributed by atoms with van der Waals surface area (Å²) in [7, 11) is 0. The zero-order valence-corrected chi connectivity index (χ0v) is 11.6. The largest absolute Gasteiger partial charge is 0.306 e. The smallest absolute Gasteiger partial charge is 0.251 e. The number of hydrogen-bond acceptors (Lipinski definition) is 2. The van der Waals surface area contributed by atoms with E-state index in [0.29, 0.717) is 10.6 Å².